The Bertz CT molecular complexity index is 1550. The lowest BCUT2D eigenvalue weighted by molar-refractivity contribution is -0.127. The summed E-state index contributed by atoms with van der Waals surface area (Å²) in [6.45, 7) is 3.70. The average molecular weight is 575 g/mol. The molecule has 1 fully saturated rings. The molecule has 0 radical (unpaired) electrons. The summed E-state index contributed by atoms with van der Waals surface area (Å²) in [5, 5.41) is 11.4. The van der Waals surface area contributed by atoms with Gasteiger partial charge in [0.25, 0.3) is 11.5 Å². The van der Waals surface area contributed by atoms with E-state index < -0.39 is 35.7 Å². The summed E-state index contributed by atoms with van der Waals surface area (Å²) < 4.78 is 26.9. The van der Waals surface area contributed by atoms with Gasteiger partial charge in [0.2, 0.25) is 5.91 Å². The Morgan fingerprint density at radius 1 is 1.12 bits per heavy atom. The van der Waals surface area contributed by atoms with E-state index in [0.29, 0.717) is 31.4 Å². The van der Waals surface area contributed by atoms with Crippen molar-refractivity contribution in [2.75, 3.05) is 13.1 Å². The van der Waals surface area contributed by atoms with Gasteiger partial charge in [0.15, 0.2) is 5.75 Å². The van der Waals surface area contributed by atoms with Gasteiger partial charge in [0, 0.05) is 32.3 Å². The van der Waals surface area contributed by atoms with Gasteiger partial charge in [-0.25, -0.2) is 4.39 Å². The fourth-order valence-corrected chi connectivity index (χ4v) is 6.13. The normalized spacial score (nSPS) is 14.2. The van der Waals surface area contributed by atoms with Gasteiger partial charge in [0.05, 0.1) is 5.52 Å². The number of fused-ring (bicyclic) bond motifs is 1. The van der Waals surface area contributed by atoms with Gasteiger partial charge >= 0.3 is 7.60 Å². The predicted molar refractivity (Wildman–Crippen MR) is 146 cm³/mol. The van der Waals surface area contributed by atoms with Crippen LogP contribution in [0.4, 0.5) is 4.39 Å². The van der Waals surface area contributed by atoms with E-state index in [-0.39, 0.29) is 48.7 Å². The molecule has 0 spiro atoms. The third-order valence-corrected chi connectivity index (χ3v) is 9.38. The highest BCUT2D eigenvalue weighted by molar-refractivity contribution is 7.53. The first-order valence-electron chi connectivity index (χ1n) is 13.1. The summed E-state index contributed by atoms with van der Waals surface area (Å²) in [7, 11) is -4.85. The van der Waals surface area contributed by atoms with Crippen molar-refractivity contribution < 1.29 is 33.4 Å². The number of aromatic hydroxyl groups is 1. The van der Waals surface area contributed by atoms with Crippen molar-refractivity contribution in [3.8, 4) is 5.75 Å². The lowest BCUT2D eigenvalue weighted by Gasteiger charge is -2.33. The zero-order valence-corrected chi connectivity index (χ0v) is 23.2. The lowest BCUT2D eigenvalue weighted by Crippen LogP contribution is -2.49. The van der Waals surface area contributed by atoms with Crippen molar-refractivity contribution in [3.05, 3.63) is 69.4 Å². The van der Waals surface area contributed by atoms with Gasteiger partial charge in [-0.2, -0.15) is 0 Å². The maximum atomic E-state index is 13.7. The third-order valence-electron chi connectivity index (χ3n) is 7.52. The first kappa shape index (κ1) is 29.4. The molecule has 214 valence electrons. The summed E-state index contributed by atoms with van der Waals surface area (Å²) in [6, 6.07) is 7.52. The molecular weight excluding hydrogens is 542 g/mol. The third kappa shape index (κ3) is 5.65. The zero-order chi connectivity index (χ0) is 29.2. The lowest BCUT2D eigenvalue weighted by atomic mass is 10.0. The van der Waals surface area contributed by atoms with Crippen LogP contribution in [0.5, 0.6) is 5.75 Å². The van der Waals surface area contributed by atoms with Crippen LogP contribution in [-0.4, -0.2) is 59.5 Å². The minimum Gasteiger partial charge on any atom is -0.505 e. The molecule has 2 amide bonds. The van der Waals surface area contributed by atoms with Crippen LogP contribution in [0.3, 0.4) is 0 Å². The van der Waals surface area contributed by atoms with Crippen molar-refractivity contribution in [2.24, 2.45) is 0 Å². The zero-order valence-electron chi connectivity index (χ0n) is 22.3. The summed E-state index contributed by atoms with van der Waals surface area (Å²) in [5.74, 6) is -2.29. The van der Waals surface area contributed by atoms with Gasteiger partial charge in [-0.3, -0.25) is 23.9 Å². The van der Waals surface area contributed by atoms with Crippen molar-refractivity contribution >= 4 is 30.4 Å². The quantitative estimate of drug-likeness (QED) is 0.269. The Kier molecular flexibility index (Phi) is 8.44. The standard InChI is InChI=1S/C27H32FN4O7P/c1-3-27(4-2,40(37,38)39)30-25(35)22-24(34)23-20(32(26(22)36)13-12-31-11-5-6-21(31)33)15-18(16-29-23)14-17-7-9-19(28)10-8-17/h7-10,15-16,34H,3-6,11-14H2,1-2H3,(H,30,35)(H2,37,38,39). The van der Waals surface area contributed by atoms with Crippen LogP contribution in [0.15, 0.2) is 41.3 Å². The Balaban J connectivity index is 1.82. The number of benzene rings is 1. The molecule has 3 heterocycles. The summed E-state index contributed by atoms with van der Waals surface area (Å²) in [6.07, 6.45) is 2.67. The number of pyridine rings is 2. The first-order valence-corrected chi connectivity index (χ1v) is 14.7. The number of halogens is 1. The van der Waals surface area contributed by atoms with Crippen molar-refractivity contribution in [1.29, 1.82) is 0 Å². The minimum atomic E-state index is -4.85. The molecule has 4 N–H and O–H groups in total. The largest absolute Gasteiger partial charge is 0.505 e. The second-order valence-corrected chi connectivity index (χ2v) is 11.9. The van der Waals surface area contributed by atoms with Crippen LogP contribution in [0.2, 0.25) is 0 Å². The number of hydrogen-bond acceptors (Lipinski definition) is 6. The van der Waals surface area contributed by atoms with Gasteiger partial charge < -0.3 is 29.7 Å². The number of carbonyl (C=O) groups is 2. The Morgan fingerprint density at radius 3 is 2.38 bits per heavy atom. The number of nitrogens with one attached hydrogen (secondary N) is 1. The van der Waals surface area contributed by atoms with Crippen molar-refractivity contribution in [1.82, 2.24) is 19.8 Å². The molecule has 1 saturated heterocycles. The molecule has 0 aliphatic carbocycles. The van der Waals surface area contributed by atoms with E-state index in [4.69, 9.17) is 0 Å². The fraction of sp³-hybridized carbons (Fsp3) is 0.407. The molecule has 40 heavy (non-hydrogen) atoms. The molecule has 0 unspecified atom stereocenters. The Morgan fingerprint density at radius 2 is 1.80 bits per heavy atom. The minimum absolute atomic E-state index is 0.00545. The molecule has 1 aliphatic heterocycles. The van der Waals surface area contributed by atoms with Crippen LogP contribution >= 0.6 is 7.60 Å². The molecule has 11 nitrogen and oxygen atoms in total. The maximum Gasteiger partial charge on any atom is 0.350 e. The van der Waals surface area contributed by atoms with Crippen molar-refractivity contribution in [3.63, 3.8) is 0 Å². The van der Waals surface area contributed by atoms with E-state index in [1.165, 1.54) is 36.7 Å². The van der Waals surface area contributed by atoms with Crippen LogP contribution < -0.4 is 10.9 Å². The molecule has 2 aromatic heterocycles. The smallest absolute Gasteiger partial charge is 0.350 e. The maximum absolute atomic E-state index is 13.7. The SMILES string of the molecule is CCC(CC)(NC(=O)c1c(O)c2ncc(Cc3ccc(F)cc3)cc2n(CCN2CCCC2=O)c1=O)P(=O)(O)O. The number of likely N-dealkylation sites (tertiary alicyclic amines) is 1. The van der Waals surface area contributed by atoms with Gasteiger partial charge in [-0.05, 0) is 55.0 Å². The van der Waals surface area contributed by atoms with Gasteiger partial charge in [-0.1, -0.05) is 26.0 Å². The van der Waals surface area contributed by atoms with Crippen molar-refractivity contribution in [2.45, 2.75) is 57.8 Å². The molecule has 0 atom stereocenters. The predicted octanol–water partition coefficient (Wildman–Crippen LogP) is 2.88. The monoisotopic (exact) mass is 574 g/mol. The Labute approximate surface area is 229 Å². The van der Waals surface area contributed by atoms with E-state index in [2.05, 4.69) is 10.3 Å². The molecule has 1 aromatic carbocycles. The fourth-order valence-electron chi connectivity index (χ4n) is 5.05. The molecule has 4 rings (SSSR count). The number of nitrogens with zero attached hydrogens (tertiary/aromatic N) is 3. The second kappa shape index (κ2) is 11.5. The van der Waals surface area contributed by atoms with E-state index in [0.717, 1.165) is 5.56 Å². The highest BCUT2D eigenvalue weighted by Gasteiger charge is 2.46. The molecule has 1 aliphatic rings. The molecule has 13 heteroatoms. The average Bonchev–Trinajstić information content (AvgIpc) is 3.32. The number of hydrogen-bond donors (Lipinski definition) is 4. The number of aromatic nitrogens is 2. The number of amides is 2. The van der Waals surface area contributed by atoms with E-state index >= 15 is 0 Å². The molecule has 0 bridgehead atoms. The van der Waals surface area contributed by atoms with Crippen LogP contribution in [-0.2, 0) is 22.3 Å². The summed E-state index contributed by atoms with van der Waals surface area (Å²) in [4.78, 5) is 65.1. The molecule has 0 saturated carbocycles. The summed E-state index contributed by atoms with van der Waals surface area (Å²) in [5.41, 5.74) is 0.0129. The Hall–Kier alpha value is -3.60. The van der Waals surface area contributed by atoms with Gasteiger partial charge in [0.1, 0.15) is 22.2 Å². The first-order chi connectivity index (χ1) is 18.9. The van der Waals surface area contributed by atoms with E-state index in [1.54, 1.807) is 23.1 Å². The van der Waals surface area contributed by atoms with E-state index in [9.17, 15) is 38.2 Å². The number of carbonyl (C=O) groups excluding carboxylic acids is 2. The second-order valence-electron chi connectivity index (χ2n) is 9.92. The molecular formula is C27H32FN4O7P. The van der Waals surface area contributed by atoms with Gasteiger partial charge in [-0.15, -0.1) is 0 Å². The summed E-state index contributed by atoms with van der Waals surface area (Å²) >= 11 is 0. The topological polar surface area (TPSA) is 162 Å². The number of rotatable bonds is 10. The van der Waals surface area contributed by atoms with Crippen LogP contribution in [0, 0.1) is 5.82 Å². The van der Waals surface area contributed by atoms with E-state index in [1.807, 2.05) is 0 Å². The highest BCUT2D eigenvalue weighted by atomic mass is 31.2. The van der Waals surface area contributed by atoms with Crippen LogP contribution in [0.1, 0.15) is 61.0 Å². The van der Waals surface area contributed by atoms with Crippen LogP contribution in [0.25, 0.3) is 11.0 Å². The highest BCUT2D eigenvalue weighted by Crippen LogP contribution is 2.52. The molecule has 3 aromatic rings.